The minimum Gasteiger partial charge on any atom is -0.469 e. The summed E-state index contributed by atoms with van der Waals surface area (Å²) in [6, 6.07) is 0. The Balaban J connectivity index is 2.19. The van der Waals surface area contributed by atoms with E-state index >= 15 is 0 Å². The SMILES string of the molecule is COC(=O)C[C@]12CCCC[C@@H]1CCC2=O. The number of rotatable bonds is 2. The average molecular weight is 210 g/mol. The van der Waals surface area contributed by atoms with Crippen LogP contribution >= 0.6 is 0 Å². The van der Waals surface area contributed by atoms with Gasteiger partial charge in [-0.15, -0.1) is 0 Å². The highest BCUT2D eigenvalue weighted by molar-refractivity contribution is 5.91. The van der Waals surface area contributed by atoms with Crippen molar-refractivity contribution < 1.29 is 14.3 Å². The van der Waals surface area contributed by atoms with E-state index in [2.05, 4.69) is 0 Å². The fraction of sp³-hybridized carbons (Fsp3) is 0.833. The lowest BCUT2D eigenvalue weighted by Gasteiger charge is -2.37. The molecular formula is C12H18O3. The number of hydrogen-bond donors (Lipinski definition) is 0. The second-order valence-corrected chi connectivity index (χ2v) is 4.81. The van der Waals surface area contributed by atoms with E-state index < -0.39 is 0 Å². The normalized spacial score (nSPS) is 35.0. The number of carbonyl (C=O) groups excluding carboxylic acids is 2. The predicted octanol–water partition coefficient (Wildman–Crippen LogP) is 2.09. The first kappa shape index (κ1) is 10.7. The van der Waals surface area contributed by atoms with Gasteiger partial charge in [0, 0.05) is 11.8 Å². The highest BCUT2D eigenvalue weighted by Crippen LogP contribution is 2.52. The number of hydrogen-bond acceptors (Lipinski definition) is 3. The molecule has 0 spiro atoms. The summed E-state index contributed by atoms with van der Waals surface area (Å²) in [7, 11) is 1.40. The number of Topliss-reactive ketones (excluding diaryl/α,β-unsaturated/α-hetero) is 1. The molecule has 84 valence electrons. The molecule has 2 atom stereocenters. The Morgan fingerprint density at radius 2 is 2.27 bits per heavy atom. The lowest BCUT2D eigenvalue weighted by Crippen LogP contribution is -2.37. The molecule has 2 aliphatic rings. The molecule has 0 aromatic rings. The molecule has 2 rings (SSSR count). The van der Waals surface area contributed by atoms with Crippen molar-refractivity contribution in [1.82, 2.24) is 0 Å². The van der Waals surface area contributed by atoms with Crippen LogP contribution in [0.25, 0.3) is 0 Å². The van der Waals surface area contributed by atoms with Gasteiger partial charge in [0.15, 0.2) is 0 Å². The number of carbonyl (C=O) groups is 2. The Bertz CT molecular complexity index is 285. The summed E-state index contributed by atoms with van der Waals surface area (Å²) in [5.74, 6) is 0.521. The van der Waals surface area contributed by atoms with Crippen molar-refractivity contribution in [2.45, 2.75) is 44.9 Å². The van der Waals surface area contributed by atoms with Crippen LogP contribution in [0.4, 0.5) is 0 Å². The van der Waals surface area contributed by atoms with Gasteiger partial charge in [-0.3, -0.25) is 9.59 Å². The number of fused-ring (bicyclic) bond motifs is 1. The Labute approximate surface area is 90.2 Å². The fourth-order valence-electron chi connectivity index (χ4n) is 3.31. The number of methoxy groups -OCH3 is 1. The Morgan fingerprint density at radius 3 is 3.00 bits per heavy atom. The second kappa shape index (κ2) is 3.95. The zero-order valence-electron chi connectivity index (χ0n) is 9.25. The summed E-state index contributed by atoms with van der Waals surface area (Å²) in [6.45, 7) is 0. The second-order valence-electron chi connectivity index (χ2n) is 4.81. The zero-order valence-corrected chi connectivity index (χ0v) is 9.25. The maximum atomic E-state index is 12.0. The van der Waals surface area contributed by atoms with Crippen LogP contribution in [0.3, 0.4) is 0 Å². The van der Waals surface area contributed by atoms with E-state index in [0.29, 0.717) is 24.5 Å². The molecule has 3 heteroatoms. The van der Waals surface area contributed by atoms with Gasteiger partial charge in [-0.25, -0.2) is 0 Å². The molecule has 0 bridgehead atoms. The fourth-order valence-corrected chi connectivity index (χ4v) is 3.31. The van der Waals surface area contributed by atoms with Gasteiger partial charge < -0.3 is 4.74 Å². The first-order valence-corrected chi connectivity index (χ1v) is 5.79. The molecule has 0 aromatic heterocycles. The molecule has 0 aromatic carbocycles. The molecule has 3 nitrogen and oxygen atoms in total. The topological polar surface area (TPSA) is 43.4 Å². The van der Waals surface area contributed by atoms with Crippen LogP contribution in [0.1, 0.15) is 44.9 Å². The average Bonchev–Trinajstić information content (AvgIpc) is 2.57. The molecule has 0 radical (unpaired) electrons. The predicted molar refractivity (Wildman–Crippen MR) is 55.3 cm³/mol. The third-order valence-electron chi connectivity index (χ3n) is 4.17. The molecule has 0 heterocycles. The lowest BCUT2D eigenvalue weighted by atomic mass is 9.66. The maximum absolute atomic E-state index is 12.0. The van der Waals surface area contributed by atoms with Crippen LogP contribution in [0, 0.1) is 11.3 Å². The van der Waals surface area contributed by atoms with Crippen molar-refractivity contribution >= 4 is 11.8 Å². The first-order chi connectivity index (χ1) is 7.19. The molecule has 15 heavy (non-hydrogen) atoms. The Hall–Kier alpha value is -0.860. The summed E-state index contributed by atoms with van der Waals surface area (Å²) in [5, 5.41) is 0. The molecule has 0 saturated heterocycles. The Kier molecular flexibility index (Phi) is 2.81. The van der Waals surface area contributed by atoms with Crippen LogP contribution in [-0.2, 0) is 14.3 Å². The van der Waals surface area contributed by atoms with E-state index in [1.54, 1.807) is 0 Å². The standard InChI is InChI=1S/C12H18O3/c1-15-11(14)8-12-7-3-2-4-9(12)5-6-10(12)13/h9H,2-8H2,1H3/t9-,12-/m1/s1. The zero-order chi connectivity index (χ0) is 10.9. The van der Waals surface area contributed by atoms with Gasteiger partial charge in [0.1, 0.15) is 5.78 Å². The quantitative estimate of drug-likeness (QED) is 0.655. The molecule has 0 unspecified atom stereocenters. The van der Waals surface area contributed by atoms with Crippen LogP contribution < -0.4 is 0 Å². The molecule has 2 saturated carbocycles. The minimum atomic E-state index is -0.342. The van der Waals surface area contributed by atoms with Crippen LogP contribution in [0.15, 0.2) is 0 Å². The van der Waals surface area contributed by atoms with Crippen molar-refractivity contribution in [2.75, 3.05) is 7.11 Å². The van der Waals surface area contributed by atoms with Crippen molar-refractivity contribution in [3.8, 4) is 0 Å². The lowest BCUT2D eigenvalue weighted by molar-refractivity contribution is -0.148. The van der Waals surface area contributed by atoms with Crippen LogP contribution in [-0.4, -0.2) is 18.9 Å². The van der Waals surface area contributed by atoms with Gasteiger partial charge in [0.25, 0.3) is 0 Å². The first-order valence-electron chi connectivity index (χ1n) is 5.79. The third kappa shape index (κ3) is 1.68. The van der Waals surface area contributed by atoms with Crippen molar-refractivity contribution in [3.05, 3.63) is 0 Å². The van der Waals surface area contributed by atoms with Gasteiger partial charge >= 0.3 is 5.97 Å². The molecular weight excluding hydrogens is 192 g/mol. The summed E-state index contributed by atoms with van der Waals surface area (Å²) in [5.41, 5.74) is -0.342. The molecule has 2 fully saturated rings. The smallest absolute Gasteiger partial charge is 0.306 e. The van der Waals surface area contributed by atoms with E-state index in [0.717, 1.165) is 25.7 Å². The highest BCUT2D eigenvalue weighted by Gasteiger charge is 2.51. The monoisotopic (exact) mass is 210 g/mol. The summed E-state index contributed by atoms with van der Waals surface area (Å²) in [6.07, 6.45) is 6.26. The minimum absolute atomic E-state index is 0.225. The summed E-state index contributed by atoms with van der Waals surface area (Å²) >= 11 is 0. The molecule has 2 aliphatic carbocycles. The van der Waals surface area contributed by atoms with Crippen molar-refractivity contribution in [3.63, 3.8) is 0 Å². The van der Waals surface area contributed by atoms with Gasteiger partial charge in [0.2, 0.25) is 0 Å². The van der Waals surface area contributed by atoms with E-state index in [1.165, 1.54) is 13.5 Å². The largest absolute Gasteiger partial charge is 0.469 e. The molecule has 0 amide bonds. The third-order valence-corrected chi connectivity index (χ3v) is 4.17. The van der Waals surface area contributed by atoms with Crippen molar-refractivity contribution in [2.24, 2.45) is 11.3 Å². The summed E-state index contributed by atoms with van der Waals surface area (Å²) in [4.78, 5) is 23.4. The van der Waals surface area contributed by atoms with Crippen LogP contribution in [0.2, 0.25) is 0 Å². The van der Waals surface area contributed by atoms with E-state index in [-0.39, 0.29) is 11.4 Å². The van der Waals surface area contributed by atoms with Gasteiger partial charge in [-0.05, 0) is 25.2 Å². The number of ketones is 1. The van der Waals surface area contributed by atoms with Gasteiger partial charge in [-0.2, -0.15) is 0 Å². The Morgan fingerprint density at radius 1 is 1.47 bits per heavy atom. The van der Waals surface area contributed by atoms with E-state index in [9.17, 15) is 9.59 Å². The van der Waals surface area contributed by atoms with Gasteiger partial charge in [-0.1, -0.05) is 12.8 Å². The van der Waals surface area contributed by atoms with Gasteiger partial charge in [0.05, 0.1) is 13.5 Å². The van der Waals surface area contributed by atoms with Crippen molar-refractivity contribution in [1.29, 1.82) is 0 Å². The van der Waals surface area contributed by atoms with E-state index in [1.807, 2.05) is 0 Å². The molecule has 0 N–H and O–H groups in total. The summed E-state index contributed by atoms with van der Waals surface area (Å²) < 4.78 is 4.71. The maximum Gasteiger partial charge on any atom is 0.306 e. The van der Waals surface area contributed by atoms with E-state index in [4.69, 9.17) is 4.74 Å². The number of ether oxygens (including phenoxy) is 1. The number of esters is 1. The van der Waals surface area contributed by atoms with Crippen LogP contribution in [0.5, 0.6) is 0 Å². The highest BCUT2D eigenvalue weighted by atomic mass is 16.5. The molecule has 0 aliphatic heterocycles.